The van der Waals surface area contributed by atoms with Crippen LogP contribution in [0.4, 0.5) is 10.5 Å². The van der Waals surface area contributed by atoms with Gasteiger partial charge >= 0.3 is 6.03 Å². The van der Waals surface area contributed by atoms with Gasteiger partial charge < -0.3 is 24.2 Å². The first-order chi connectivity index (χ1) is 11.0. The Morgan fingerprint density at radius 3 is 2.43 bits per heavy atom. The van der Waals surface area contributed by atoms with Crippen molar-refractivity contribution in [3.63, 3.8) is 0 Å². The van der Waals surface area contributed by atoms with E-state index in [1.165, 1.54) is 4.90 Å². The summed E-state index contributed by atoms with van der Waals surface area (Å²) >= 11 is 0. The number of carbonyl (C=O) groups is 1. The van der Waals surface area contributed by atoms with Crippen LogP contribution in [-0.2, 0) is 6.42 Å². The number of aryl methyl sites for hydroxylation is 1. The van der Waals surface area contributed by atoms with Gasteiger partial charge in [-0.25, -0.2) is 4.79 Å². The van der Waals surface area contributed by atoms with Crippen LogP contribution in [0, 0.1) is 6.92 Å². The molecule has 1 aromatic heterocycles. The van der Waals surface area contributed by atoms with E-state index in [9.17, 15) is 4.79 Å². The number of ether oxygens (including phenoxy) is 2. The molecule has 0 aliphatic rings. The number of hydrogen-bond donors (Lipinski definition) is 1. The lowest BCUT2D eigenvalue weighted by atomic mass is 10.3. The molecule has 0 spiro atoms. The highest BCUT2D eigenvalue weighted by Crippen LogP contribution is 2.25. The number of carbonyl (C=O) groups excluding carboxylic acids is 1. The summed E-state index contributed by atoms with van der Waals surface area (Å²) < 4.78 is 15.2. The van der Waals surface area contributed by atoms with Crippen LogP contribution < -0.4 is 14.8 Å². The first-order valence-electron chi connectivity index (χ1n) is 7.06. The van der Waals surface area contributed by atoms with Crippen LogP contribution in [-0.4, -0.2) is 48.9 Å². The molecule has 2 amide bonds. The normalized spacial score (nSPS) is 10.3. The predicted molar refractivity (Wildman–Crippen MR) is 83.9 cm³/mol. The third-order valence-electron chi connectivity index (χ3n) is 3.19. The topological polar surface area (TPSA) is 89.7 Å². The average molecular weight is 320 g/mol. The van der Waals surface area contributed by atoms with E-state index >= 15 is 0 Å². The minimum absolute atomic E-state index is 0.250. The predicted octanol–water partition coefficient (Wildman–Crippen LogP) is 2.10. The van der Waals surface area contributed by atoms with Crippen LogP contribution in [0.15, 0.2) is 22.7 Å². The zero-order valence-electron chi connectivity index (χ0n) is 13.6. The molecular weight excluding hydrogens is 300 g/mol. The zero-order chi connectivity index (χ0) is 16.8. The Labute approximate surface area is 134 Å². The van der Waals surface area contributed by atoms with E-state index in [2.05, 4.69) is 15.5 Å². The summed E-state index contributed by atoms with van der Waals surface area (Å²) in [4.78, 5) is 17.8. The maximum Gasteiger partial charge on any atom is 0.321 e. The van der Waals surface area contributed by atoms with Crippen LogP contribution in [0.2, 0.25) is 0 Å². The molecule has 0 unspecified atom stereocenters. The van der Waals surface area contributed by atoms with Crippen molar-refractivity contribution in [2.24, 2.45) is 0 Å². The molecule has 0 saturated carbocycles. The lowest BCUT2D eigenvalue weighted by molar-refractivity contribution is 0.222. The second kappa shape index (κ2) is 7.48. The second-order valence-corrected chi connectivity index (χ2v) is 4.93. The Bertz CT molecular complexity index is 649. The summed E-state index contributed by atoms with van der Waals surface area (Å²) in [5, 5.41) is 6.59. The molecule has 8 nitrogen and oxygen atoms in total. The van der Waals surface area contributed by atoms with Crippen molar-refractivity contribution in [2.45, 2.75) is 13.3 Å². The molecule has 0 aliphatic carbocycles. The lowest BCUT2D eigenvalue weighted by Gasteiger charge is -2.17. The van der Waals surface area contributed by atoms with Gasteiger partial charge in [-0.3, -0.25) is 0 Å². The maximum absolute atomic E-state index is 12.2. The van der Waals surface area contributed by atoms with Crippen molar-refractivity contribution in [1.82, 2.24) is 15.0 Å². The van der Waals surface area contributed by atoms with E-state index in [0.717, 1.165) is 0 Å². The average Bonchev–Trinajstić information content (AvgIpc) is 2.97. The van der Waals surface area contributed by atoms with E-state index < -0.39 is 0 Å². The van der Waals surface area contributed by atoms with E-state index in [0.29, 0.717) is 41.9 Å². The highest BCUT2D eigenvalue weighted by Gasteiger charge is 2.12. The van der Waals surface area contributed by atoms with Crippen molar-refractivity contribution in [1.29, 1.82) is 0 Å². The number of methoxy groups -OCH3 is 2. The van der Waals surface area contributed by atoms with E-state index in [4.69, 9.17) is 14.0 Å². The van der Waals surface area contributed by atoms with Crippen LogP contribution in [0.1, 0.15) is 11.7 Å². The Balaban J connectivity index is 1.95. The van der Waals surface area contributed by atoms with Gasteiger partial charge in [0, 0.05) is 50.8 Å². The van der Waals surface area contributed by atoms with Gasteiger partial charge in [0.25, 0.3) is 0 Å². The zero-order valence-corrected chi connectivity index (χ0v) is 13.6. The van der Waals surface area contributed by atoms with Gasteiger partial charge in [0.15, 0.2) is 5.82 Å². The molecule has 0 atom stereocenters. The SMILES string of the molecule is COc1cc(NC(=O)N(C)CCc2noc(C)n2)cc(OC)c1. The Morgan fingerprint density at radius 2 is 1.91 bits per heavy atom. The van der Waals surface area contributed by atoms with Crippen molar-refractivity contribution in [3.05, 3.63) is 29.9 Å². The Morgan fingerprint density at radius 1 is 1.26 bits per heavy atom. The Hall–Kier alpha value is -2.77. The molecule has 0 saturated heterocycles. The van der Waals surface area contributed by atoms with Gasteiger partial charge in [-0.1, -0.05) is 5.16 Å². The highest BCUT2D eigenvalue weighted by atomic mass is 16.5. The standard InChI is InChI=1S/C15H20N4O4/c1-10-16-14(18-23-10)5-6-19(2)15(20)17-11-7-12(21-3)9-13(8-11)22-4/h7-9H,5-6H2,1-4H3,(H,17,20). The largest absolute Gasteiger partial charge is 0.497 e. The quantitative estimate of drug-likeness (QED) is 0.876. The van der Waals surface area contributed by atoms with Crippen molar-refractivity contribution in [2.75, 3.05) is 33.1 Å². The number of amides is 2. The molecule has 2 rings (SSSR count). The monoisotopic (exact) mass is 320 g/mol. The summed E-state index contributed by atoms with van der Waals surface area (Å²) in [7, 11) is 4.80. The number of benzene rings is 1. The molecule has 0 bridgehead atoms. The number of aromatic nitrogens is 2. The molecule has 1 N–H and O–H groups in total. The lowest BCUT2D eigenvalue weighted by Crippen LogP contribution is -2.33. The van der Waals surface area contributed by atoms with Crippen LogP contribution >= 0.6 is 0 Å². The number of urea groups is 1. The molecule has 0 aliphatic heterocycles. The van der Waals surface area contributed by atoms with Gasteiger partial charge in [-0.2, -0.15) is 4.98 Å². The number of hydrogen-bond acceptors (Lipinski definition) is 6. The third-order valence-corrected chi connectivity index (χ3v) is 3.19. The molecular formula is C15H20N4O4. The molecule has 23 heavy (non-hydrogen) atoms. The molecule has 0 fully saturated rings. The van der Waals surface area contributed by atoms with Gasteiger partial charge in [0.1, 0.15) is 11.5 Å². The Kier molecular flexibility index (Phi) is 5.40. The van der Waals surface area contributed by atoms with E-state index in [-0.39, 0.29) is 6.03 Å². The summed E-state index contributed by atoms with van der Waals surface area (Å²) in [6.07, 6.45) is 0.517. The minimum Gasteiger partial charge on any atom is -0.497 e. The van der Waals surface area contributed by atoms with Crippen LogP contribution in [0.5, 0.6) is 11.5 Å². The molecule has 1 aromatic carbocycles. The maximum atomic E-state index is 12.2. The van der Waals surface area contributed by atoms with Gasteiger partial charge in [0.2, 0.25) is 5.89 Å². The summed E-state index contributed by atoms with van der Waals surface area (Å²) in [5.41, 5.74) is 0.591. The van der Waals surface area contributed by atoms with Crippen LogP contribution in [0.3, 0.4) is 0 Å². The fourth-order valence-corrected chi connectivity index (χ4v) is 1.91. The molecule has 2 aromatic rings. The van der Waals surface area contributed by atoms with E-state index in [1.807, 2.05) is 0 Å². The van der Waals surface area contributed by atoms with Gasteiger partial charge in [-0.05, 0) is 0 Å². The fourth-order valence-electron chi connectivity index (χ4n) is 1.91. The minimum atomic E-state index is -0.250. The molecule has 8 heteroatoms. The fraction of sp³-hybridized carbons (Fsp3) is 0.400. The first kappa shape index (κ1) is 16.6. The number of rotatable bonds is 6. The number of anilines is 1. The number of nitrogens with zero attached hydrogens (tertiary/aromatic N) is 3. The van der Waals surface area contributed by atoms with Gasteiger partial charge in [0.05, 0.1) is 14.2 Å². The van der Waals surface area contributed by atoms with E-state index in [1.54, 1.807) is 46.4 Å². The first-order valence-corrected chi connectivity index (χ1v) is 7.06. The molecule has 0 radical (unpaired) electrons. The van der Waals surface area contributed by atoms with Crippen molar-refractivity contribution in [3.8, 4) is 11.5 Å². The summed E-state index contributed by atoms with van der Waals surface area (Å²) in [6, 6.07) is 4.92. The van der Waals surface area contributed by atoms with Crippen LogP contribution in [0.25, 0.3) is 0 Å². The van der Waals surface area contributed by atoms with Crippen molar-refractivity contribution < 1.29 is 18.8 Å². The molecule has 1 heterocycles. The number of nitrogens with one attached hydrogen (secondary N) is 1. The number of likely N-dealkylation sites (N-methyl/N-ethyl adjacent to an activating group) is 1. The highest BCUT2D eigenvalue weighted by molar-refractivity contribution is 5.89. The molecule has 124 valence electrons. The third kappa shape index (κ3) is 4.60. The summed E-state index contributed by atoms with van der Waals surface area (Å²) in [6.45, 7) is 2.19. The smallest absolute Gasteiger partial charge is 0.321 e. The van der Waals surface area contributed by atoms with Gasteiger partial charge in [-0.15, -0.1) is 0 Å². The summed E-state index contributed by atoms with van der Waals surface area (Å²) in [5.74, 6) is 2.29. The van der Waals surface area contributed by atoms with Crippen molar-refractivity contribution >= 4 is 11.7 Å². The second-order valence-electron chi connectivity index (χ2n) is 4.93.